The van der Waals surface area contributed by atoms with Crippen molar-refractivity contribution in [3.63, 3.8) is 0 Å². The number of ether oxygens (including phenoxy) is 2. The number of unbranched alkanes of at least 4 members (excludes halogenated alkanes) is 1. The van der Waals surface area contributed by atoms with Crippen molar-refractivity contribution in [1.29, 1.82) is 0 Å². The fourth-order valence-electron chi connectivity index (χ4n) is 2.13. The van der Waals surface area contributed by atoms with Gasteiger partial charge in [0.1, 0.15) is 5.75 Å². The van der Waals surface area contributed by atoms with Crippen molar-refractivity contribution < 1.29 is 18.5 Å². The minimum absolute atomic E-state index is 0.293. The van der Waals surface area contributed by atoms with E-state index in [-0.39, 0.29) is 0 Å². The highest BCUT2D eigenvalue weighted by Gasteiger charge is 2.15. The Morgan fingerprint density at radius 3 is 2.56 bits per heavy atom. The zero-order valence-corrected chi connectivity index (χ0v) is 15.3. The van der Waals surface area contributed by atoms with E-state index >= 15 is 0 Å². The van der Waals surface area contributed by atoms with Crippen molar-refractivity contribution in [2.24, 2.45) is 0 Å². The Bertz CT molecular complexity index is 719. The lowest BCUT2D eigenvalue weighted by Gasteiger charge is -2.13. The Morgan fingerprint density at radius 1 is 1.12 bits per heavy atom. The topological polar surface area (TPSA) is 64.6 Å². The maximum Gasteiger partial charge on any atom is 0.411 e. The van der Waals surface area contributed by atoms with Gasteiger partial charge >= 0.3 is 6.09 Å². The number of amides is 1. The van der Waals surface area contributed by atoms with Crippen LogP contribution in [0.3, 0.4) is 0 Å². The second-order valence-electron chi connectivity index (χ2n) is 5.29. The molecule has 0 fully saturated rings. The molecule has 0 aliphatic carbocycles. The second kappa shape index (κ2) is 9.84. The summed E-state index contributed by atoms with van der Waals surface area (Å²) >= 11 is 0. The van der Waals surface area contributed by atoms with Crippen molar-refractivity contribution in [2.45, 2.75) is 36.5 Å². The first kappa shape index (κ1) is 19.0. The van der Waals surface area contributed by atoms with E-state index in [0.717, 1.165) is 12.8 Å². The first-order valence-corrected chi connectivity index (χ1v) is 9.48. The molecule has 2 aromatic rings. The van der Waals surface area contributed by atoms with Gasteiger partial charge in [0.2, 0.25) is 0 Å². The van der Waals surface area contributed by atoms with Crippen molar-refractivity contribution in [1.82, 2.24) is 0 Å². The molecule has 1 N–H and O–H groups in total. The van der Waals surface area contributed by atoms with Crippen LogP contribution in [0.1, 0.15) is 26.7 Å². The third-order valence-corrected chi connectivity index (χ3v) is 4.82. The summed E-state index contributed by atoms with van der Waals surface area (Å²) in [6.45, 7) is 4.64. The Morgan fingerprint density at radius 2 is 1.88 bits per heavy atom. The van der Waals surface area contributed by atoms with E-state index in [4.69, 9.17) is 9.47 Å². The third-order valence-electron chi connectivity index (χ3n) is 3.38. The molecule has 0 spiro atoms. The van der Waals surface area contributed by atoms with Gasteiger partial charge in [0.05, 0.1) is 28.9 Å². The molecule has 0 saturated heterocycles. The first-order valence-electron chi connectivity index (χ1n) is 8.33. The van der Waals surface area contributed by atoms with Crippen LogP contribution in [0.5, 0.6) is 5.75 Å². The Labute approximate surface area is 150 Å². The molecule has 2 aromatic carbocycles. The summed E-state index contributed by atoms with van der Waals surface area (Å²) in [5.74, 6) is 0.505. The third kappa shape index (κ3) is 5.60. The largest absolute Gasteiger partial charge is 0.492 e. The molecule has 0 bridgehead atoms. The fraction of sp³-hybridized carbons (Fsp3) is 0.316. The van der Waals surface area contributed by atoms with E-state index < -0.39 is 16.9 Å². The maximum atomic E-state index is 12.9. The zero-order valence-electron chi connectivity index (χ0n) is 14.5. The summed E-state index contributed by atoms with van der Waals surface area (Å²) in [6, 6.07) is 14.3. The SMILES string of the molecule is CCCCOc1cc(NC(=O)OCC)ccc1S(=O)c1ccccc1. The summed E-state index contributed by atoms with van der Waals surface area (Å²) in [5.41, 5.74) is 0.541. The van der Waals surface area contributed by atoms with Gasteiger partial charge in [-0.1, -0.05) is 31.5 Å². The van der Waals surface area contributed by atoms with Gasteiger partial charge in [0, 0.05) is 16.6 Å². The molecule has 0 radical (unpaired) electrons. The van der Waals surface area contributed by atoms with Gasteiger partial charge < -0.3 is 9.47 Å². The monoisotopic (exact) mass is 361 g/mol. The summed E-state index contributed by atoms with van der Waals surface area (Å²) in [6.07, 6.45) is 1.36. The zero-order chi connectivity index (χ0) is 18.1. The van der Waals surface area contributed by atoms with E-state index in [9.17, 15) is 9.00 Å². The molecule has 1 atom stereocenters. The number of carbonyl (C=O) groups excluding carboxylic acids is 1. The van der Waals surface area contributed by atoms with Crippen LogP contribution in [0, 0.1) is 0 Å². The van der Waals surface area contributed by atoms with E-state index in [1.165, 1.54) is 0 Å². The summed E-state index contributed by atoms with van der Waals surface area (Å²) < 4.78 is 23.6. The molecule has 1 unspecified atom stereocenters. The highest BCUT2D eigenvalue weighted by atomic mass is 32.2. The standard InChI is InChI=1S/C19H23NO4S/c1-3-5-13-24-17-14-15(20-19(21)23-4-2)11-12-18(17)25(22)16-9-7-6-8-10-16/h6-12,14H,3-5,13H2,1-2H3,(H,20,21). The van der Waals surface area contributed by atoms with Gasteiger partial charge in [-0.3, -0.25) is 5.32 Å². The molecule has 5 nitrogen and oxygen atoms in total. The summed E-state index contributed by atoms with van der Waals surface area (Å²) in [4.78, 5) is 12.9. The lowest BCUT2D eigenvalue weighted by Crippen LogP contribution is -2.13. The van der Waals surface area contributed by atoms with E-state index in [2.05, 4.69) is 12.2 Å². The number of hydrogen-bond donors (Lipinski definition) is 1. The molecular weight excluding hydrogens is 338 g/mol. The van der Waals surface area contributed by atoms with Gasteiger partial charge in [0.25, 0.3) is 0 Å². The molecule has 0 aliphatic rings. The summed E-state index contributed by atoms with van der Waals surface area (Å²) in [5, 5.41) is 2.64. The molecule has 2 rings (SSSR count). The Balaban J connectivity index is 2.27. The van der Waals surface area contributed by atoms with Crippen LogP contribution in [-0.2, 0) is 15.5 Å². The van der Waals surface area contributed by atoms with Crippen LogP contribution < -0.4 is 10.1 Å². The number of rotatable bonds is 8. The fourth-order valence-corrected chi connectivity index (χ4v) is 3.28. The molecule has 0 aromatic heterocycles. The van der Waals surface area contributed by atoms with Crippen molar-refractivity contribution in [3.05, 3.63) is 48.5 Å². The molecule has 1 amide bonds. The molecule has 0 saturated carbocycles. The Hall–Kier alpha value is -2.34. The van der Waals surface area contributed by atoms with Gasteiger partial charge in [-0.15, -0.1) is 0 Å². The van der Waals surface area contributed by atoms with E-state index in [0.29, 0.717) is 34.4 Å². The van der Waals surface area contributed by atoms with Gasteiger partial charge in [0.15, 0.2) is 0 Å². The highest BCUT2D eigenvalue weighted by molar-refractivity contribution is 7.85. The highest BCUT2D eigenvalue weighted by Crippen LogP contribution is 2.30. The molecule has 6 heteroatoms. The molecule has 0 aliphatic heterocycles. The molecular formula is C19H23NO4S. The summed E-state index contributed by atoms with van der Waals surface area (Å²) in [7, 11) is -1.36. The minimum atomic E-state index is -1.36. The normalized spacial score (nSPS) is 11.6. The number of anilines is 1. The maximum absolute atomic E-state index is 12.9. The lowest BCUT2D eigenvalue weighted by atomic mass is 10.3. The minimum Gasteiger partial charge on any atom is -0.492 e. The number of carbonyl (C=O) groups is 1. The van der Waals surface area contributed by atoms with Crippen molar-refractivity contribution >= 4 is 22.6 Å². The quantitative estimate of drug-likeness (QED) is 0.698. The number of hydrogen-bond acceptors (Lipinski definition) is 4. The van der Waals surface area contributed by atoms with E-state index in [1.807, 2.05) is 30.3 Å². The number of benzene rings is 2. The van der Waals surface area contributed by atoms with Crippen LogP contribution in [0.25, 0.3) is 0 Å². The predicted octanol–water partition coefficient (Wildman–Crippen LogP) is 4.60. The van der Waals surface area contributed by atoms with Crippen LogP contribution in [0.2, 0.25) is 0 Å². The smallest absolute Gasteiger partial charge is 0.411 e. The first-order chi connectivity index (χ1) is 12.2. The average Bonchev–Trinajstić information content (AvgIpc) is 2.62. The Kier molecular flexibility index (Phi) is 7.47. The van der Waals surface area contributed by atoms with Crippen LogP contribution >= 0.6 is 0 Å². The van der Waals surface area contributed by atoms with Crippen LogP contribution in [0.4, 0.5) is 10.5 Å². The molecule has 25 heavy (non-hydrogen) atoms. The van der Waals surface area contributed by atoms with Crippen LogP contribution in [-0.4, -0.2) is 23.5 Å². The van der Waals surface area contributed by atoms with Crippen LogP contribution in [0.15, 0.2) is 58.3 Å². The van der Waals surface area contributed by atoms with Crippen molar-refractivity contribution in [3.8, 4) is 5.75 Å². The predicted molar refractivity (Wildman–Crippen MR) is 98.6 cm³/mol. The van der Waals surface area contributed by atoms with Gasteiger partial charge in [-0.05, 0) is 37.6 Å². The molecule has 134 valence electrons. The van der Waals surface area contributed by atoms with Crippen molar-refractivity contribution in [2.75, 3.05) is 18.5 Å². The lowest BCUT2D eigenvalue weighted by molar-refractivity contribution is 0.168. The second-order valence-corrected chi connectivity index (χ2v) is 6.74. The molecule has 0 heterocycles. The number of nitrogens with one attached hydrogen (secondary N) is 1. The average molecular weight is 361 g/mol. The van der Waals surface area contributed by atoms with Gasteiger partial charge in [-0.25, -0.2) is 9.00 Å². The van der Waals surface area contributed by atoms with Gasteiger partial charge in [-0.2, -0.15) is 0 Å². The van der Waals surface area contributed by atoms with E-state index in [1.54, 1.807) is 25.1 Å².